The lowest BCUT2D eigenvalue weighted by Crippen LogP contribution is -2.50. The SMILES string of the molecule is CCCNC(=O)CN1C(=O)C2C=CC(C(=O)OC)=CC2=NC1=S. The maximum Gasteiger partial charge on any atom is 0.337 e. The van der Waals surface area contributed by atoms with Crippen molar-refractivity contribution in [2.24, 2.45) is 10.9 Å². The molecule has 2 aliphatic rings. The summed E-state index contributed by atoms with van der Waals surface area (Å²) in [6.45, 7) is 2.31. The first-order chi connectivity index (χ1) is 11.0. The second-order valence-electron chi connectivity index (χ2n) is 5.02. The molecule has 7 nitrogen and oxygen atoms in total. The van der Waals surface area contributed by atoms with Gasteiger partial charge in [0.2, 0.25) is 16.9 Å². The molecule has 0 fully saturated rings. The number of carbonyl (C=O) groups is 3. The van der Waals surface area contributed by atoms with Gasteiger partial charge in [0, 0.05) is 6.54 Å². The number of thiocarbonyl (C=S) groups is 1. The van der Waals surface area contributed by atoms with Gasteiger partial charge in [-0.3, -0.25) is 14.5 Å². The molecule has 8 heteroatoms. The van der Waals surface area contributed by atoms with Crippen molar-refractivity contribution in [3.05, 3.63) is 23.8 Å². The topological polar surface area (TPSA) is 88.1 Å². The van der Waals surface area contributed by atoms with Crippen LogP contribution in [-0.4, -0.2) is 53.7 Å². The summed E-state index contributed by atoms with van der Waals surface area (Å²) in [5.74, 6) is -1.77. The number of nitrogens with zero attached hydrogens (tertiary/aromatic N) is 2. The number of esters is 1. The Balaban J connectivity index is 2.17. The van der Waals surface area contributed by atoms with Gasteiger partial charge in [-0.25, -0.2) is 9.79 Å². The van der Waals surface area contributed by atoms with E-state index in [0.29, 0.717) is 17.8 Å². The number of ether oxygens (including phenoxy) is 1. The number of hydrogen-bond donors (Lipinski definition) is 1. The van der Waals surface area contributed by atoms with Crippen molar-refractivity contribution < 1.29 is 19.1 Å². The number of carbonyl (C=O) groups excluding carboxylic acids is 3. The molecule has 1 aliphatic carbocycles. The average Bonchev–Trinajstić information content (AvgIpc) is 2.55. The summed E-state index contributed by atoms with van der Waals surface area (Å²) in [4.78, 5) is 41.2. The highest BCUT2D eigenvalue weighted by Crippen LogP contribution is 2.22. The molecule has 2 amide bonds. The molecule has 1 atom stereocenters. The smallest absolute Gasteiger partial charge is 0.337 e. The van der Waals surface area contributed by atoms with E-state index in [9.17, 15) is 14.4 Å². The second-order valence-corrected chi connectivity index (χ2v) is 5.39. The lowest BCUT2D eigenvalue weighted by atomic mass is 9.92. The lowest BCUT2D eigenvalue weighted by Gasteiger charge is -2.30. The van der Waals surface area contributed by atoms with E-state index in [-0.39, 0.29) is 23.5 Å². The zero-order chi connectivity index (χ0) is 17.0. The Bertz CT molecular complexity index is 651. The van der Waals surface area contributed by atoms with Gasteiger partial charge >= 0.3 is 5.97 Å². The number of fused-ring (bicyclic) bond motifs is 1. The molecule has 0 radical (unpaired) electrons. The minimum atomic E-state index is -0.644. The molecule has 1 N–H and O–H groups in total. The van der Waals surface area contributed by atoms with Crippen LogP contribution in [0.5, 0.6) is 0 Å². The molecule has 1 unspecified atom stereocenters. The maximum absolute atomic E-state index is 12.5. The molecule has 122 valence electrons. The van der Waals surface area contributed by atoms with Crippen molar-refractivity contribution in [3.8, 4) is 0 Å². The van der Waals surface area contributed by atoms with E-state index < -0.39 is 11.9 Å². The molecule has 0 spiro atoms. The molecule has 0 saturated heterocycles. The predicted octanol–water partition coefficient (Wildman–Crippen LogP) is 0.366. The quantitative estimate of drug-likeness (QED) is 0.579. The normalized spacial score (nSPS) is 19.7. The molecular formula is C15H17N3O4S. The van der Waals surface area contributed by atoms with Gasteiger partial charge in [-0.1, -0.05) is 19.1 Å². The van der Waals surface area contributed by atoms with E-state index in [1.54, 1.807) is 6.08 Å². The number of aliphatic imine (C=N–C) groups is 1. The van der Waals surface area contributed by atoms with Gasteiger partial charge in [0.15, 0.2) is 0 Å². The zero-order valence-corrected chi connectivity index (χ0v) is 13.7. The second kappa shape index (κ2) is 7.28. The highest BCUT2D eigenvalue weighted by atomic mass is 32.1. The molecule has 0 aromatic rings. The van der Waals surface area contributed by atoms with E-state index in [1.165, 1.54) is 24.2 Å². The van der Waals surface area contributed by atoms with Crippen molar-refractivity contribution in [2.45, 2.75) is 13.3 Å². The van der Waals surface area contributed by atoms with Crippen molar-refractivity contribution in [1.82, 2.24) is 10.2 Å². The summed E-state index contributed by atoms with van der Waals surface area (Å²) < 4.78 is 4.64. The van der Waals surface area contributed by atoms with Crippen LogP contribution in [-0.2, 0) is 19.1 Å². The molecular weight excluding hydrogens is 318 g/mol. The Hall–Kier alpha value is -2.35. The molecule has 23 heavy (non-hydrogen) atoms. The molecule has 1 aliphatic heterocycles. The Morgan fingerprint density at radius 2 is 2.22 bits per heavy atom. The molecule has 0 saturated carbocycles. The lowest BCUT2D eigenvalue weighted by molar-refractivity contribution is -0.135. The van der Waals surface area contributed by atoms with Gasteiger partial charge in [0.25, 0.3) is 0 Å². The number of amides is 2. The van der Waals surface area contributed by atoms with E-state index in [4.69, 9.17) is 12.2 Å². The number of nitrogens with one attached hydrogen (secondary N) is 1. The Kier molecular flexibility index (Phi) is 5.38. The van der Waals surface area contributed by atoms with Crippen LogP contribution in [0.2, 0.25) is 0 Å². The number of hydrogen-bond acceptors (Lipinski definition) is 5. The summed E-state index contributed by atoms with van der Waals surface area (Å²) in [5.41, 5.74) is 0.681. The van der Waals surface area contributed by atoms with E-state index in [0.717, 1.165) is 6.42 Å². The minimum absolute atomic E-state index is 0.0173. The molecule has 0 bridgehead atoms. The zero-order valence-electron chi connectivity index (χ0n) is 12.9. The van der Waals surface area contributed by atoms with Crippen molar-refractivity contribution in [2.75, 3.05) is 20.2 Å². The third-order valence-corrected chi connectivity index (χ3v) is 3.68. The predicted molar refractivity (Wildman–Crippen MR) is 87.8 cm³/mol. The van der Waals surface area contributed by atoms with E-state index in [1.807, 2.05) is 6.92 Å². The summed E-state index contributed by atoms with van der Waals surface area (Å²) in [5, 5.41) is 2.71. The van der Waals surface area contributed by atoms with Crippen LogP contribution in [0.4, 0.5) is 0 Å². The van der Waals surface area contributed by atoms with E-state index >= 15 is 0 Å². The Morgan fingerprint density at radius 1 is 1.48 bits per heavy atom. The maximum atomic E-state index is 12.5. The van der Waals surface area contributed by atoms with Crippen molar-refractivity contribution in [1.29, 1.82) is 0 Å². The standard InChI is InChI=1S/C15H17N3O4S/c1-3-6-16-12(19)8-18-13(20)10-5-4-9(14(21)22-2)7-11(10)17-15(18)23/h4-5,7,10H,3,6,8H2,1-2H3,(H,16,19). The Labute approximate surface area is 139 Å². The summed E-state index contributed by atoms with van der Waals surface area (Å²) >= 11 is 5.10. The fraction of sp³-hybridized carbons (Fsp3) is 0.400. The van der Waals surface area contributed by atoms with Crippen LogP contribution in [0.15, 0.2) is 28.8 Å². The largest absolute Gasteiger partial charge is 0.465 e. The van der Waals surface area contributed by atoms with Crippen LogP contribution in [0.1, 0.15) is 13.3 Å². The van der Waals surface area contributed by atoms with Gasteiger partial charge in [-0.05, 0) is 24.7 Å². The number of methoxy groups -OCH3 is 1. The minimum Gasteiger partial charge on any atom is -0.465 e. The first kappa shape index (κ1) is 17.0. The van der Waals surface area contributed by atoms with Crippen LogP contribution < -0.4 is 5.32 Å². The summed E-state index contributed by atoms with van der Waals surface area (Å²) in [6.07, 6.45) is 5.36. The third kappa shape index (κ3) is 3.70. The van der Waals surface area contributed by atoms with Crippen LogP contribution in [0.3, 0.4) is 0 Å². The average molecular weight is 335 g/mol. The number of rotatable bonds is 5. The molecule has 2 rings (SSSR count). The van der Waals surface area contributed by atoms with Gasteiger partial charge in [-0.2, -0.15) is 0 Å². The molecule has 1 heterocycles. The summed E-state index contributed by atoms with van der Waals surface area (Å²) in [7, 11) is 1.28. The monoisotopic (exact) mass is 335 g/mol. The van der Waals surface area contributed by atoms with E-state index in [2.05, 4.69) is 15.0 Å². The van der Waals surface area contributed by atoms with Crippen LogP contribution in [0.25, 0.3) is 0 Å². The first-order valence-electron chi connectivity index (χ1n) is 7.16. The van der Waals surface area contributed by atoms with Gasteiger partial charge in [-0.15, -0.1) is 0 Å². The van der Waals surface area contributed by atoms with Gasteiger partial charge in [0.1, 0.15) is 6.54 Å². The highest BCUT2D eigenvalue weighted by molar-refractivity contribution is 7.80. The van der Waals surface area contributed by atoms with Gasteiger partial charge < -0.3 is 10.1 Å². The van der Waals surface area contributed by atoms with Crippen molar-refractivity contribution in [3.63, 3.8) is 0 Å². The first-order valence-corrected chi connectivity index (χ1v) is 7.57. The molecule has 0 aromatic heterocycles. The van der Waals surface area contributed by atoms with Crippen LogP contribution in [0, 0.1) is 5.92 Å². The van der Waals surface area contributed by atoms with Crippen molar-refractivity contribution >= 4 is 40.8 Å². The fourth-order valence-electron chi connectivity index (χ4n) is 2.19. The highest BCUT2D eigenvalue weighted by Gasteiger charge is 2.36. The molecule has 0 aromatic carbocycles. The number of allylic oxidation sites excluding steroid dienone is 1. The Morgan fingerprint density at radius 3 is 2.87 bits per heavy atom. The third-order valence-electron chi connectivity index (χ3n) is 3.37. The summed E-state index contributed by atoms with van der Waals surface area (Å²) in [6, 6.07) is 0. The van der Waals surface area contributed by atoms with Gasteiger partial charge in [0.05, 0.1) is 24.3 Å². The fourth-order valence-corrected chi connectivity index (χ4v) is 2.45. The van der Waals surface area contributed by atoms with Crippen LogP contribution >= 0.6 is 12.2 Å².